The first-order valence-electron chi connectivity index (χ1n) is 11.8. The van der Waals surface area contributed by atoms with Crippen molar-refractivity contribution in [1.29, 1.82) is 0 Å². The topological polar surface area (TPSA) is 47.4 Å². The van der Waals surface area contributed by atoms with Crippen molar-refractivity contribution in [3.63, 3.8) is 0 Å². The summed E-state index contributed by atoms with van der Waals surface area (Å²) in [5.74, 6) is 0.401. The fourth-order valence-electron chi connectivity index (χ4n) is 5.27. The van der Waals surface area contributed by atoms with E-state index in [9.17, 15) is 4.79 Å². The largest absolute Gasteiger partial charge is 0.367 e. The summed E-state index contributed by atoms with van der Waals surface area (Å²) >= 11 is 0. The van der Waals surface area contributed by atoms with Crippen LogP contribution in [0.5, 0.6) is 0 Å². The molecule has 0 radical (unpaired) electrons. The third-order valence-corrected chi connectivity index (χ3v) is 6.81. The first kappa shape index (κ1) is 22.1. The van der Waals surface area contributed by atoms with E-state index in [4.69, 9.17) is 4.74 Å². The van der Waals surface area contributed by atoms with Crippen LogP contribution in [-0.2, 0) is 16.9 Å². The summed E-state index contributed by atoms with van der Waals surface area (Å²) in [4.78, 5) is 20.4. The molecule has 1 aromatic heterocycles. The zero-order chi connectivity index (χ0) is 23.4. The molecule has 0 bridgehead atoms. The molecule has 34 heavy (non-hydrogen) atoms. The van der Waals surface area contributed by atoms with Crippen LogP contribution in [0.15, 0.2) is 103 Å². The van der Waals surface area contributed by atoms with E-state index in [1.54, 1.807) is 13.3 Å². The van der Waals surface area contributed by atoms with E-state index < -0.39 is 5.60 Å². The molecule has 1 amide bonds. The Hall–Kier alpha value is -3.70. The van der Waals surface area contributed by atoms with Crippen LogP contribution in [0, 0.1) is 0 Å². The number of imidazole rings is 1. The summed E-state index contributed by atoms with van der Waals surface area (Å²) in [7, 11) is 1.75. The highest BCUT2D eigenvalue weighted by Crippen LogP contribution is 2.43. The zero-order valence-corrected chi connectivity index (χ0v) is 19.4. The Morgan fingerprint density at radius 3 is 2.12 bits per heavy atom. The van der Waals surface area contributed by atoms with Crippen LogP contribution in [0.25, 0.3) is 0 Å². The second kappa shape index (κ2) is 9.65. The molecule has 1 fully saturated rings. The second-order valence-corrected chi connectivity index (χ2v) is 8.69. The van der Waals surface area contributed by atoms with Crippen LogP contribution in [0.2, 0.25) is 0 Å². The minimum Gasteiger partial charge on any atom is -0.367 e. The standard InChI is InChI=1S/C29H29N3O2/c1-34-29(24-14-7-3-8-15-24,25-16-9-4-10-17-25)26-18-11-20-32(26)28(33)27-30-19-21-31(27)22-23-12-5-2-6-13-23/h2-10,12-17,19,21,26H,11,18,20,22H2,1H3/t26-/m1/s1. The molecule has 5 rings (SSSR count). The number of nitrogens with zero attached hydrogens (tertiary/aromatic N) is 3. The third kappa shape index (κ3) is 3.93. The van der Waals surface area contributed by atoms with Crippen LogP contribution < -0.4 is 0 Å². The normalized spacial score (nSPS) is 16.0. The predicted octanol–water partition coefficient (Wildman–Crippen LogP) is 5.13. The van der Waals surface area contributed by atoms with Crippen LogP contribution in [0.3, 0.4) is 0 Å². The molecule has 1 atom stereocenters. The molecule has 0 spiro atoms. The lowest BCUT2D eigenvalue weighted by atomic mass is 9.78. The lowest BCUT2D eigenvalue weighted by Crippen LogP contribution is -2.52. The quantitative estimate of drug-likeness (QED) is 0.392. The van der Waals surface area contributed by atoms with Crippen molar-refractivity contribution in [1.82, 2.24) is 14.5 Å². The number of carbonyl (C=O) groups is 1. The van der Waals surface area contributed by atoms with Gasteiger partial charge in [-0.15, -0.1) is 0 Å². The van der Waals surface area contributed by atoms with Crippen molar-refractivity contribution in [2.24, 2.45) is 0 Å². The summed E-state index contributed by atoms with van der Waals surface area (Å²) in [6, 6.07) is 30.5. The van der Waals surface area contributed by atoms with E-state index in [-0.39, 0.29) is 11.9 Å². The highest BCUT2D eigenvalue weighted by Gasteiger charge is 2.49. The van der Waals surface area contributed by atoms with Gasteiger partial charge in [-0.1, -0.05) is 91.0 Å². The molecule has 0 unspecified atom stereocenters. The first-order chi connectivity index (χ1) is 16.7. The van der Waals surface area contributed by atoms with Gasteiger partial charge in [0.15, 0.2) is 5.82 Å². The molecular formula is C29H29N3O2. The average Bonchev–Trinajstić information content (AvgIpc) is 3.57. The van der Waals surface area contributed by atoms with Gasteiger partial charge in [0.1, 0.15) is 5.60 Å². The van der Waals surface area contributed by atoms with E-state index in [1.165, 1.54) is 0 Å². The van der Waals surface area contributed by atoms with Gasteiger partial charge in [0.25, 0.3) is 5.91 Å². The van der Waals surface area contributed by atoms with Crippen molar-refractivity contribution in [2.45, 2.75) is 31.0 Å². The SMILES string of the molecule is COC(c1ccccc1)(c1ccccc1)[C@H]1CCCN1C(=O)c1nccn1Cc1ccccc1. The van der Waals surface area contributed by atoms with Crippen LogP contribution in [0.1, 0.15) is 40.2 Å². The summed E-state index contributed by atoms with van der Waals surface area (Å²) in [6.07, 6.45) is 5.35. The maximum absolute atomic E-state index is 13.9. The van der Waals surface area contributed by atoms with Crippen molar-refractivity contribution in [2.75, 3.05) is 13.7 Å². The highest BCUT2D eigenvalue weighted by atomic mass is 16.5. The van der Waals surface area contributed by atoms with Crippen LogP contribution >= 0.6 is 0 Å². The molecule has 5 nitrogen and oxygen atoms in total. The number of methoxy groups -OCH3 is 1. The van der Waals surface area contributed by atoms with Gasteiger partial charge >= 0.3 is 0 Å². The fourth-order valence-corrected chi connectivity index (χ4v) is 5.27. The number of ether oxygens (including phenoxy) is 1. The predicted molar refractivity (Wildman–Crippen MR) is 133 cm³/mol. The maximum atomic E-state index is 13.9. The molecular weight excluding hydrogens is 422 g/mol. The number of amides is 1. The van der Waals surface area contributed by atoms with Crippen LogP contribution in [0.4, 0.5) is 0 Å². The summed E-state index contributed by atoms with van der Waals surface area (Å²) < 4.78 is 8.33. The summed E-state index contributed by atoms with van der Waals surface area (Å²) in [5.41, 5.74) is 2.44. The first-order valence-corrected chi connectivity index (χ1v) is 11.8. The van der Waals surface area contributed by atoms with E-state index >= 15 is 0 Å². The Morgan fingerprint density at radius 2 is 1.53 bits per heavy atom. The van der Waals surface area contributed by atoms with Gasteiger partial charge < -0.3 is 14.2 Å². The van der Waals surface area contributed by atoms with Gasteiger partial charge in [0.05, 0.1) is 6.04 Å². The van der Waals surface area contributed by atoms with Crippen molar-refractivity contribution >= 4 is 5.91 Å². The highest BCUT2D eigenvalue weighted by molar-refractivity contribution is 5.91. The monoisotopic (exact) mass is 451 g/mol. The molecule has 1 aliphatic rings. The minimum atomic E-state index is -0.772. The lowest BCUT2D eigenvalue weighted by Gasteiger charge is -2.43. The Balaban J connectivity index is 1.54. The van der Waals surface area contributed by atoms with Crippen molar-refractivity contribution in [3.8, 4) is 0 Å². The van der Waals surface area contributed by atoms with Crippen molar-refractivity contribution in [3.05, 3.63) is 126 Å². The van der Waals surface area contributed by atoms with E-state index in [2.05, 4.69) is 41.4 Å². The van der Waals surface area contributed by atoms with Gasteiger partial charge in [-0.3, -0.25) is 4.79 Å². The Morgan fingerprint density at radius 1 is 0.941 bits per heavy atom. The van der Waals surface area contributed by atoms with Gasteiger partial charge in [-0.2, -0.15) is 0 Å². The van der Waals surface area contributed by atoms with Crippen LogP contribution in [-0.4, -0.2) is 40.1 Å². The molecule has 2 heterocycles. The smallest absolute Gasteiger partial charge is 0.290 e. The maximum Gasteiger partial charge on any atom is 0.290 e. The minimum absolute atomic E-state index is 0.0586. The summed E-state index contributed by atoms with van der Waals surface area (Å²) in [5, 5.41) is 0. The molecule has 0 aliphatic carbocycles. The molecule has 172 valence electrons. The van der Waals surface area contributed by atoms with Gasteiger partial charge in [-0.25, -0.2) is 4.98 Å². The van der Waals surface area contributed by atoms with E-state index in [0.717, 1.165) is 29.5 Å². The Labute approximate surface area is 200 Å². The zero-order valence-electron chi connectivity index (χ0n) is 19.4. The lowest BCUT2D eigenvalue weighted by molar-refractivity contribution is -0.0364. The van der Waals surface area contributed by atoms with Gasteiger partial charge in [-0.05, 0) is 29.5 Å². The average molecular weight is 452 g/mol. The Kier molecular flexibility index (Phi) is 6.28. The molecule has 0 saturated carbocycles. The molecule has 4 aromatic rings. The van der Waals surface area contributed by atoms with Gasteiger partial charge in [0.2, 0.25) is 0 Å². The number of likely N-dealkylation sites (tertiary alicyclic amines) is 1. The number of aromatic nitrogens is 2. The number of carbonyl (C=O) groups excluding carboxylic acids is 1. The van der Waals surface area contributed by atoms with Crippen molar-refractivity contribution < 1.29 is 9.53 Å². The number of benzene rings is 3. The third-order valence-electron chi connectivity index (χ3n) is 6.81. The number of hydrogen-bond acceptors (Lipinski definition) is 3. The fraction of sp³-hybridized carbons (Fsp3) is 0.241. The second-order valence-electron chi connectivity index (χ2n) is 8.69. The summed E-state index contributed by atoms with van der Waals surface area (Å²) in [6.45, 7) is 1.28. The molecule has 1 aliphatic heterocycles. The molecule has 1 saturated heterocycles. The molecule has 0 N–H and O–H groups in total. The molecule has 3 aromatic carbocycles. The van der Waals surface area contributed by atoms with E-state index in [1.807, 2.05) is 70.3 Å². The van der Waals surface area contributed by atoms with E-state index in [0.29, 0.717) is 18.9 Å². The number of rotatable bonds is 7. The van der Waals surface area contributed by atoms with Gasteiger partial charge in [0, 0.05) is 32.6 Å². The molecule has 5 heteroatoms. The number of hydrogen-bond donors (Lipinski definition) is 0. The Bertz CT molecular complexity index is 1180.